The van der Waals surface area contributed by atoms with Crippen LogP contribution in [0.5, 0.6) is 5.75 Å². The van der Waals surface area contributed by atoms with Crippen molar-refractivity contribution in [2.45, 2.75) is 20.4 Å². The standard InChI is InChI=1S/C17H19NO2/c1-12-5-4-6-16(9-12)18(3)11-15-10-14(13(2)19)7-8-17(15)20/h4-10,20H,11H2,1-3H3. The van der Waals surface area contributed by atoms with E-state index in [1.54, 1.807) is 18.2 Å². The van der Waals surface area contributed by atoms with E-state index in [4.69, 9.17) is 0 Å². The molecule has 0 radical (unpaired) electrons. The summed E-state index contributed by atoms with van der Waals surface area (Å²) in [7, 11) is 1.97. The molecule has 0 aliphatic carbocycles. The SMILES string of the molecule is CC(=O)c1ccc(O)c(CN(C)c2cccc(C)c2)c1. The highest BCUT2D eigenvalue weighted by molar-refractivity contribution is 5.94. The zero-order chi connectivity index (χ0) is 14.7. The van der Waals surface area contributed by atoms with Crippen molar-refractivity contribution in [1.29, 1.82) is 0 Å². The Morgan fingerprint density at radius 3 is 2.60 bits per heavy atom. The van der Waals surface area contributed by atoms with Crippen LogP contribution in [-0.4, -0.2) is 17.9 Å². The van der Waals surface area contributed by atoms with E-state index < -0.39 is 0 Å². The molecule has 1 N–H and O–H groups in total. The number of aromatic hydroxyl groups is 1. The molecular weight excluding hydrogens is 250 g/mol. The number of phenols is 1. The molecule has 0 saturated heterocycles. The fraction of sp³-hybridized carbons (Fsp3) is 0.235. The maximum absolute atomic E-state index is 11.4. The normalized spacial score (nSPS) is 10.3. The number of carbonyl (C=O) groups is 1. The molecule has 0 spiro atoms. The first kappa shape index (κ1) is 14.1. The second-order valence-corrected chi connectivity index (χ2v) is 5.09. The van der Waals surface area contributed by atoms with Gasteiger partial charge in [0, 0.05) is 30.4 Å². The molecule has 0 heterocycles. The fourth-order valence-electron chi connectivity index (χ4n) is 2.14. The lowest BCUT2D eigenvalue weighted by Gasteiger charge is -2.20. The first-order valence-corrected chi connectivity index (χ1v) is 6.58. The van der Waals surface area contributed by atoms with Crippen molar-refractivity contribution in [2.24, 2.45) is 0 Å². The van der Waals surface area contributed by atoms with Crippen LogP contribution in [0.2, 0.25) is 0 Å². The molecule has 0 unspecified atom stereocenters. The van der Waals surface area contributed by atoms with Crippen molar-refractivity contribution in [1.82, 2.24) is 0 Å². The number of ketones is 1. The summed E-state index contributed by atoms with van der Waals surface area (Å²) in [6, 6.07) is 13.1. The maximum Gasteiger partial charge on any atom is 0.159 e. The number of rotatable bonds is 4. The fourth-order valence-corrected chi connectivity index (χ4v) is 2.14. The number of benzene rings is 2. The Morgan fingerprint density at radius 2 is 1.95 bits per heavy atom. The number of aryl methyl sites for hydroxylation is 1. The van der Waals surface area contributed by atoms with Crippen molar-refractivity contribution >= 4 is 11.5 Å². The largest absolute Gasteiger partial charge is 0.508 e. The van der Waals surface area contributed by atoms with E-state index in [0.29, 0.717) is 12.1 Å². The van der Waals surface area contributed by atoms with Gasteiger partial charge in [0.25, 0.3) is 0 Å². The van der Waals surface area contributed by atoms with E-state index in [0.717, 1.165) is 11.3 Å². The minimum absolute atomic E-state index is 0.00413. The number of carbonyl (C=O) groups excluding carboxylic acids is 1. The second kappa shape index (κ2) is 5.78. The highest BCUT2D eigenvalue weighted by Crippen LogP contribution is 2.23. The number of hydrogen-bond donors (Lipinski definition) is 1. The molecule has 0 aromatic heterocycles. The Bertz CT molecular complexity index is 635. The van der Waals surface area contributed by atoms with Crippen LogP contribution in [0.4, 0.5) is 5.69 Å². The van der Waals surface area contributed by atoms with Gasteiger partial charge in [-0.15, -0.1) is 0 Å². The molecule has 0 fully saturated rings. The Hall–Kier alpha value is -2.29. The van der Waals surface area contributed by atoms with Crippen LogP contribution in [0.15, 0.2) is 42.5 Å². The predicted octanol–water partition coefficient (Wildman–Crippen LogP) is 3.54. The van der Waals surface area contributed by atoms with E-state index in [1.165, 1.54) is 12.5 Å². The highest BCUT2D eigenvalue weighted by atomic mass is 16.3. The number of phenolic OH excluding ortho intramolecular Hbond substituents is 1. The van der Waals surface area contributed by atoms with Crippen molar-refractivity contribution in [3.8, 4) is 5.75 Å². The Morgan fingerprint density at radius 1 is 1.20 bits per heavy atom. The van der Waals surface area contributed by atoms with Crippen molar-refractivity contribution in [2.75, 3.05) is 11.9 Å². The molecule has 0 bridgehead atoms. The molecule has 0 amide bonds. The first-order chi connectivity index (χ1) is 9.47. The van der Waals surface area contributed by atoms with Gasteiger partial charge in [-0.1, -0.05) is 12.1 Å². The zero-order valence-electron chi connectivity index (χ0n) is 12.1. The molecule has 2 rings (SSSR count). The van der Waals surface area contributed by atoms with E-state index in [9.17, 15) is 9.90 Å². The van der Waals surface area contributed by atoms with E-state index in [2.05, 4.69) is 6.07 Å². The Kier molecular flexibility index (Phi) is 4.08. The molecule has 104 valence electrons. The minimum Gasteiger partial charge on any atom is -0.508 e. The van der Waals surface area contributed by atoms with Gasteiger partial charge in [0.1, 0.15) is 5.75 Å². The third-order valence-corrected chi connectivity index (χ3v) is 3.34. The van der Waals surface area contributed by atoms with Gasteiger partial charge in [-0.05, 0) is 49.7 Å². The third kappa shape index (κ3) is 3.18. The molecule has 0 aliphatic heterocycles. The minimum atomic E-state index is 0.00413. The summed E-state index contributed by atoms with van der Waals surface area (Å²) in [5.41, 5.74) is 3.64. The van der Waals surface area contributed by atoms with Crippen molar-refractivity contribution < 1.29 is 9.90 Å². The number of anilines is 1. The van der Waals surface area contributed by atoms with Gasteiger partial charge >= 0.3 is 0 Å². The lowest BCUT2D eigenvalue weighted by molar-refractivity contribution is 0.101. The summed E-state index contributed by atoms with van der Waals surface area (Å²) >= 11 is 0. The molecule has 2 aromatic rings. The lowest BCUT2D eigenvalue weighted by atomic mass is 10.1. The van der Waals surface area contributed by atoms with E-state index in [1.807, 2.05) is 37.1 Å². The van der Waals surface area contributed by atoms with E-state index in [-0.39, 0.29) is 11.5 Å². The van der Waals surface area contributed by atoms with Gasteiger partial charge in [0.2, 0.25) is 0 Å². The average molecular weight is 269 g/mol. The molecule has 0 aliphatic rings. The summed E-state index contributed by atoms with van der Waals surface area (Å²) in [6.07, 6.45) is 0. The van der Waals surface area contributed by atoms with Crippen LogP contribution in [0, 0.1) is 6.92 Å². The Balaban J connectivity index is 2.25. The second-order valence-electron chi connectivity index (χ2n) is 5.09. The first-order valence-electron chi connectivity index (χ1n) is 6.58. The molecule has 0 saturated carbocycles. The monoisotopic (exact) mass is 269 g/mol. The van der Waals surface area contributed by atoms with Crippen LogP contribution in [-0.2, 0) is 6.54 Å². The van der Waals surface area contributed by atoms with Gasteiger partial charge in [-0.3, -0.25) is 4.79 Å². The van der Waals surface area contributed by atoms with Crippen molar-refractivity contribution in [3.05, 3.63) is 59.2 Å². The van der Waals surface area contributed by atoms with Gasteiger partial charge in [0.05, 0.1) is 0 Å². The molecular formula is C17H19NO2. The van der Waals surface area contributed by atoms with Crippen LogP contribution >= 0.6 is 0 Å². The van der Waals surface area contributed by atoms with Crippen molar-refractivity contribution in [3.63, 3.8) is 0 Å². The van der Waals surface area contributed by atoms with Gasteiger partial charge in [0.15, 0.2) is 5.78 Å². The van der Waals surface area contributed by atoms with Gasteiger partial charge in [-0.25, -0.2) is 0 Å². The molecule has 2 aromatic carbocycles. The molecule has 3 nitrogen and oxygen atoms in total. The summed E-state index contributed by atoms with van der Waals surface area (Å²) < 4.78 is 0. The smallest absolute Gasteiger partial charge is 0.159 e. The summed E-state index contributed by atoms with van der Waals surface area (Å²) in [4.78, 5) is 13.5. The van der Waals surface area contributed by atoms with Crippen LogP contribution in [0.3, 0.4) is 0 Å². The molecule has 20 heavy (non-hydrogen) atoms. The summed E-state index contributed by atoms with van der Waals surface area (Å²) in [5, 5.41) is 9.93. The van der Waals surface area contributed by atoms with Gasteiger partial charge in [-0.2, -0.15) is 0 Å². The number of Topliss-reactive ketones (excluding diaryl/α,β-unsaturated/α-hetero) is 1. The zero-order valence-corrected chi connectivity index (χ0v) is 12.1. The lowest BCUT2D eigenvalue weighted by Crippen LogP contribution is -2.16. The predicted molar refractivity (Wildman–Crippen MR) is 81.4 cm³/mol. The topological polar surface area (TPSA) is 40.5 Å². The highest BCUT2D eigenvalue weighted by Gasteiger charge is 2.09. The number of nitrogens with zero attached hydrogens (tertiary/aromatic N) is 1. The average Bonchev–Trinajstić information content (AvgIpc) is 2.41. The summed E-state index contributed by atoms with van der Waals surface area (Å²) in [5.74, 6) is 0.221. The Labute approximate surface area is 119 Å². The quantitative estimate of drug-likeness (QED) is 0.863. The van der Waals surface area contributed by atoms with Gasteiger partial charge < -0.3 is 10.0 Å². The van der Waals surface area contributed by atoms with Crippen LogP contribution in [0.25, 0.3) is 0 Å². The molecule has 0 atom stereocenters. The number of hydrogen-bond acceptors (Lipinski definition) is 3. The maximum atomic E-state index is 11.4. The van der Waals surface area contributed by atoms with E-state index >= 15 is 0 Å². The van der Waals surface area contributed by atoms with Crippen LogP contribution in [0.1, 0.15) is 28.4 Å². The molecule has 3 heteroatoms. The summed E-state index contributed by atoms with van der Waals surface area (Å²) in [6.45, 7) is 4.13. The van der Waals surface area contributed by atoms with Crippen LogP contribution < -0.4 is 4.90 Å². The third-order valence-electron chi connectivity index (χ3n) is 3.34.